The highest BCUT2D eigenvalue weighted by Crippen LogP contribution is 2.40. The second-order valence-corrected chi connectivity index (χ2v) is 6.57. The highest BCUT2D eigenvalue weighted by molar-refractivity contribution is 7.51. The average molecular weight is 322 g/mol. The van der Waals surface area contributed by atoms with Crippen LogP contribution in [-0.4, -0.2) is 54.0 Å². The number of aromatic amines is 1. The molecular weight excluding hydrogens is 307 g/mol. The quantitative estimate of drug-likeness (QED) is 0.386. The molecule has 2 rings (SSSR count). The third-order valence-corrected chi connectivity index (χ3v) is 4.01. The maximum absolute atomic E-state index is 11.7. The van der Waals surface area contributed by atoms with Crippen molar-refractivity contribution in [2.45, 2.75) is 31.5 Å². The molecule has 1 fully saturated rings. The molecule has 118 valence electrons. The molecule has 0 unspecified atom stereocenters. The Balaban J connectivity index is 2.34. The van der Waals surface area contributed by atoms with Crippen molar-refractivity contribution in [2.24, 2.45) is 0 Å². The molecule has 1 aliphatic heterocycles. The molecule has 10 nitrogen and oxygen atoms in total. The number of ether oxygens (including phenoxy) is 1. The molecule has 0 bridgehead atoms. The fourth-order valence-corrected chi connectivity index (χ4v) is 2.89. The molecule has 0 aromatic carbocycles. The molecular formula is C10H15N2O8P. The molecule has 11 heteroatoms. The molecule has 5 N–H and O–H groups in total. The second-order valence-electron chi connectivity index (χ2n) is 4.87. The van der Waals surface area contributed by atoms with Gasteiger partial charge >= 0.3 is 13.3 Å². The smallest absolute Gasteiger partial charge is 0.330 e. The predicted octanol–water partition coefficient (Wildman–Crippen LogP) is -2.36. The van der Waals surface area contributed by atoms with E-state index in [2.05, 4.69) is 0 Å². The van der Waals surface area contributed by atoms with Crippen LogP contribution < -0.4 is 11.2 Å². The minimum Gasteiger partial charge on any atom is -0.387 e. The number of aliphatic hydroxyl groups is 2. The minimum absolute atomic E-state index is 0.179. The monoisotopic (exact) mass is 322 g/mol. The van der Waals surface area contributed by atoms with Crippen LogP contribution in [0.1, 0.15) is 11.8 Å². The lowest BCUT2D eigenvalue weighted by molar-refractivity contribution is -0.0352. The number of aromatic nitrogens is 2. The van der Waals surface area contributed by atoms with Crippen LogP contribution in [0.3, 0.4) is 0 Å². The second kappa shape index (κ2) is 5.48. The van der Waals surface area contributed by atoms with Crippen LogP contribution in [0.5, 0.6) is 0 Å². The van der Waals surface area contributed by atoms with Gasteiger partial charge in [0.25, 0.3) is 5.56 Å². The van der Waals surface area contributed by atoms with Gasteiger partial charge in [0.1, 0.15) is 18.3 Å². The van der Waals surface area contributed by atoms with Gasteiger partial charge in [-0.2, -0.15) is 0 Å². The van der Waals surface area contributed by atoms with E-state index in [1.54, 1.807) is 0 Å². The molecule has 0 saturated carbocycles. The standard InChI is InChI=1S/C10H15N2O8P/c1-4-2-12(10(16)11-8(4)15)9-7(14)6(13)5(20-9)3-21(17,18)19/h2,5-7,9,13-14H,3H2,1H3,(H,11,15,16)(H2,17,18,19)/t5-,6-,7-,9-/m1/s1. The third kappa shape index (κ3) is 3.31. The topological polar surface area (TPSA) is 162 Å². The van der Waals surface area contributed by atoms with Crippen LogP contribution in [0.15, 0.2) is 15.8 Å². The summed E-state index contributed by atoms with van der Waals surface area (Å²) in [6, 6.07) is 0. The van der Waals surface area contributed by atoms with E-state index in [0.29, 0.717) is 0 Å². The van der Waals surface area contributed by atoms with Crippen molar-refractivity contribution >= 4 is 7.60 Å². The van der Waals surface area contributed by atoms with E-state index in [1.807, 2.05) is 4.98 Å². The molecule has 0 amide bonds. The van der Waals surface area contributed by atoms with Gasteiger partial charge in [-0.3, -0.25) is 18.9 Å². The van der Waals surface area contributed by atoms with Gasteiger partial charge in [-0.15, -0.1) is 0 Å². The summed E-state index contributed by atoms with van der Waals surface area (Å²) in [6.45, 7) is 1.43. The molecule has 0 radical (unpaired) electrons. The molecule has 1 saturated heterocycles. The van der Waals surface area contributed by atoms with Gasteiger partial charge in [-0.1, -0.05) is 0 Å². The van der Waals surface area contributed by atoms with Gasteiger partial charge in [-0.25, -0.2) is 4.79 Å². The van der Waals surface area contributed by atoms with E-state index in [9.17, 15) is 24.4 Å². The van der Waals surface area contributed by atoms with Gasteiger partial charge in [0.05, 0.1) is 6.16 Å². The van der Waals surface area contributed by atoms with Crippen LogP contribution >= 0.6 is 7.60 Å². The number of H-pyrrole nitrogens is 1. The number of aliphatic hydroxyl groups excluding tert-OH is 2. The summed E-state index contributed by atoms with van der Waals surface area (Å²) < 4.78 is 17.0. The number of nitrogens with one attached hydrogen (secondary N) is 1. The number of hydrogen-bond donors (Lipinski definition) is 5. The van der Waals surface area contributed by atoms with Crippen molar-refractivity contribution in [1.82, 2.24) is 9.55 Å². The van der Waals surface area contributed by atoms with Crippen LogP contribution in [0, 0.1) is 6.92 Å². The van der Waals surface area contributed by atoms with Crippen LogP contribution in [0.2, 0.25) is 0 Å². The molecule has 1 aromatic rings. The molecule has 4 atom stereocenters. The Kier molecular flexibility index (Phi) is 4.20. The Morgan fingerprint density at radius 1 is 1.33 bits per heavy atom. The number of hydrogen-bond acceptors (Lipinski definition) is 6. The Morgan fingerprint density at radius 2 is 1.95 bits per heavy atom. The van der Waals surface area contributed by atoms with Crippen molar-refractivity contribution in [1.29, 1.82) is 0 Å². The van der Waals surface area contributed by atoms with E-state index < -0.39 is 49.5 Å². The van der Waals surface area contributed by atoms with Gasteiger partial charge in [-0.05, 0) is 6.92 Å². The summed E-state index contributed by atoms with van der Waals surface area (Å²) in [5.74, 6) is 0. The number of aryl methyl sites for hydroxylation is 1. The van der Waals surface area contributed by atoms with E-state index in [-0.39, 0.29) is 5.56 Å². The number of nitrogens with zero attached hydrogens (tertiary/aromatic N) is 1. The van der Waals surface area contributed by atoms with Crippen molar-refractivity contribution in [3.05, 3.63) is 32.6 Å². The SMILES string of the molecule is Cc1cn([C@@H]2O[C@H](CP(=O)(O)O)[C@@H](O)[C@H]2O)c(=O)[nH]c1=O. The summed E-state index contributed by atoms with van der Waals surface area (Å²) in [7, 11) is -4.47. The lowest BCUT2D eigenvalue weighted by Gasteiger charge is -2.17. The van der Waals surface area contributed by atoms with E-state index in [4.69, 9.17) is 14.5 Å². The normalized spacial score (nSPS) is 29.8. The molecule has 1 aromatic heterocycles. The van der Waals surface area contributed by atoms with E-state index in [0.717, 1.165) is 10.8 Å². The zero-order chi connectivity index (χ0) is 15.9. The lowest BCUT2D eigenvalue weighted by atomic mass is 10.1. The first-order valence-electron chi connectivity index (χ1n) is 5.98. The summed E-state index contributed by atoms with van der Waals surface area (Å²) in [4.78, 5) is 42.8. The zero-order valence-electron chi connectivity index (χ0n) is 10.9. The summed E-state index contributed by atoms with van der Waals surface area (Å²) in [6.07, 6.45) is -5.46. The Bertz CT molecular complexity index is 691. The van der Waals surface area contributed by atoms with Crippen molar-refractivity contribution < 1.29 is 29.3 Å². The predicted molar refractivity (Wildman–Crippen MR) is 68.9 cm³/mol. The Morgan fingerprint density at radius 3 is 2.52 bits per heavy atom. The molecule has 2 heterocycles. The Labute approximate surface area is 117 Å². The van der Waals surface area contributed by atoms with E-state index >= 15 is 0 Å². The van der Waals surface area contributed by atoms with Crippen molar-refractivity contribution in [2.75, 3.05) is 6.16 Å². The number of rotatable bonds is 3. The first kappa shape index (κ1) is 16.1. The molecule has 0 spiro atoms. The van der Waals surface area contributed by atoms with Gasteiger partial charge < -0.3 is 24.7 Å². The summed E-state index contributed by atoms with van der Waals surface area (Å²) in [5.41, 5.74) is -1.28. The van der Waals surface area contributed by atoms with Crippen LogP contribution in [-0.2, 0) is 9.30 Å². The fourth-order valence-electron chi connectivity index (χ4n) is 2.12. The maximum Gasteiger partial charge on any atom is 0.330 e. The van der Waals surface area contributed by atoms with Gasteiger partial charge in [0.15, 0.2) is 6.23 Å². The van der Waals surface area contributed by atoms with Crippen LogP contribution in [0.25, 0.3) is 0 Å². The molecule has 21 heavy (non-hydrogen) atoms. The van der Waals surface area contributed by atoms with Crippen LogP contribution in [0.4, 0.5) is 0 Å². The van der Waals surface area contributed by atoms with Crippen molar-refractivity contribution in [3.8, 4) is 0 Å². The highest BCUT2D eigenvalue weighted by atomic mass is 31.2. The van der Waals surface area contributed by atoms with E-state index in [1.165, 1.54) is 6.92 Å². The minimum atomic E-state index is -4.47. The van der Waals surface area contributed by atoms with Gasteiger partial charge in [0, 0.05) is 11.8 Å². The first-order chi connectivity index (χ1) is 9.60. The highest BCUT2D eigenvalue weighted by Gasteiger charge is 2.46. The first-order valence-corrected chi connectivity index (χ1v) is 7.78. The third-order valence-electron chi connectivity index (χ3n) is 3.18. The molecule has 1 aliphatic rings. The summed E-state index contributed by atoms with van der Waals surface area (Å²) in [5, 5.41) is 19.6. The lowest BCUT2D eigenvalue weighted by Crippen LogP contribution is -2.38. The summed E-state index contributed by atoms with van der Waals surface area (Å²) >= 11 is 0. The maximum atomic E-state index is 11.7. The van der Waals surface area contributed by atoms with Crippen molar-refractivity contribution in [3.63, 3.8) is 0 Å². The Hall–Kier alpha value is -1.29. The zero-order valence-corrected chi connectivity index (χ0v) is 11.8. The largest absolute Gasteiger partial charge is 0.387 e. The van der Waals surface area contributed by atoms with Gasteiger partial charge in [0.2, 0.25) is 0 Å². The average Bonchev–Trinajstić information content (AvgIpc) is 2.60. The molecule has 0 aliphatic carbocycles. The fraction of sp³-hybridized carbons (Fsp3) is 0.600.